The number of carbonyl (C=O) groups is 1. The fraction of sp³-hybridized carbons (Fsp3) is 0.176. The first-order valence-corrected chi connectivity index (χ1v) is 7.56. The molecule has 7 nitrogen and oxygen atoms in total. The van der Waals surface area contributed by atoms with Gasteiger partial charge in [0.15, 0.2) is 0 Å². The quantitative estimate of drug-likeness (QED) is 0.773. The predicted molar refractivity (Wildman–Crippen MR) is 90.9 cm³/mol. The number of hydrogen-bond acceptors (Lipinski definition) is 4. The van der Waals surface area contributed by atoms with Crippen molar-refractivity contribution in [1.82, 2.24) is 25.5 Å². The summed E-state index contributed by atoms with van der Waals surface area (Å²) in [5, 5.41) is 16.8. The van der Waals surface area contributed by atoms with Crippen molar-refractivity contribution in [2.45, 2.75) is 20.4 Å². The van der Waals surface area contributed by atoms with Crippen molar-refractivity contribution in [2.75, 3.05) is 5.32 Å². The van der Waals surface area contributed by atoms with E-state index in [0.29, 0.717) is 12.2 Å². The number of amides is 2. The number of nitrogens with zero attached hydrogens (tertiary/aromatic N) is 4. The van der Waals surface area contributed by atoms with Gasteiger partial charge in [0.1, 0.15) is 6.33 Å². The fourth-order valence-electron chi connectivity index (χ4n) is 2.33. The van der Waals surface area contributed by atoms with Gasteiger partial charge in [-0.15, -0.1) is 5.10 Å². The lowest BCUT2D eigenvalue weighted by molar-refractivity contribution is 0.251. The summed E-state index contributed by atoms with van der Waals surface area (Å²) in [5.41, 5.74) is 4.79. The molecule has 1 aromatic heterocycles. The van der Waals surface area contributed by atoms with Crippen LogP contribution in [-0.4, -0.2) is 26.2 Å². The lowest BCUT2D eigenvalue weighted by atomic mass is 10.1. The highest BCUT2D eigenvalue weighted by Crippen LogP contribution is 2.17. The molecular formula is C17H18N6O. The van der Waals surface area contributed by atoms with Crippen LogP contribution < -0.4 is 10.6 Å². The summed E-state index contributed by atoms with van der Waals surface area (Å²) in [5.74, 6) is 0. The van der Waals surface area contributed by atoms with Crippen molar-refractivity contribution in [3.63, 3.8) is 0 Å². The minimum absolute atomic E-state index is 0.245. The van der Waals surface area contributed by atoms with Crippen LogP contribution in [0.5, 0.6) is 0 Å². The number of benzene rings is 2. The van der Waals surface area contributed by atoms with Crippen molar-refractivity contribution in [1.29, 1.82) is 0 Å². The summed E-state index contributed by atoms with van der Waals surface area (Å²) in [4.78, 5) is 12.0. The van der Waals surface area contributed by atoms with Crippen molar-refractivity contribution in [3.8, 4) is 5.69 Å². The standard InChI is InChI=1S/C17H18N6O/c1-12-3-5-14(6-4-12)10-18-17(24)20-15-7-8-16(13(2)9-15)23-11-19-21-22-23/h3-9,11H,10H2,1-2H3,(H2,18,20,24). The molecule has 0 bridgehead atoms. The van der Waals surface area contributed by atoms with Crippen LogP contribution in [0.15, 0.2) is 48.8 Å². The third-order valence-electron chi connectivity index (χ3n) is 3.62. The van der Waals surface area contributed by atoms with E-state index in [-0.39, 0.29) is 6.03 Å². The summed E-state index contributed by atoms with van der Waals surface area (Å²) in [6.45, 7) is 4.45. The van der Waals surface area contributed by atoms with Crippen LogP contribution in [0.1, 0.15) is 16.7 Å². The molecule has 0 radical (unpaired) electrons. The molecule has 0 aliphatic carbocycles. The maximum Gasteiger partial charge on any atom is 0.319 e. The van der Waals surface area contributed by atoms with Crippen molar-refractivity contribution >= 4 is 11.7 Å². The average Bonchev–Trinajstić information content (AvgIpc) is 3.09. The number of aromatic nitrogens is 4. The van der Waals surface area contributed by atoms with Gasteiger partial charge in [-0.05, 0) is 53.6 Å². The van der Waals surface area contributed by atoms with Gasteiger partial charge in [-0.2, -0.15) is 0 Å². The largest absolute Gasteiger partial charge is 0.334 e. The molecule has 0 unspecified atom stereocenters. The molecule has 2 N–H and O–H groups in total. The molecule has 3 rings (SSSR count). The number of carbonyl (C=O) groups excluding carboxylic acids is 1. The van der Waals surface area contributed by atoms with E-state index in [0.717, 1.165) is 16.8 Å². The molecule has 0 saturated carbocycles. The van der Waals surface area contributed by atoms with Gasteiger partial charge in [-0.25, -0.2) is 9.48 Å². The Morgan fingerprint density at radius 2 is 1.92 bits per heavy atom. The first kappa shape index (κ1) is 15.7. The van der Waals surface area contributed by atoms with Gasteiger partial charge in [-0.3, -0.25) is 0 Å². The molecule has 0 atom stereocenters. The van der Waals surface area contributed by atoms with Crippen LogP contribution in [0, 0.1) is 13.8 Å². The van der Waals surface area contributed by atoms with Crippen LogP contribution in [0.4, 0.5) is 10.5 Å². The highest BCUT2D eigenvalue weighted by atomic mass is 16.2. The van der Waals surface area contributed by atoms with Crippen LogP contribution in [0.2, 0.25) is 0 Å². The number of urea groups is 1. The Morgan fingerprint density at radius 1 is 1.12 bits per heavy atom. The Kier molecular flexibility index (Phi) is 4.51. The monoisotopic (exact) mass is 322 g/mol. The van der Waals surface area contributed by atoms with Gasteiger partial charge >= 0.3 is 6.03 Å². The van der Waals surface area contributed by atoms with Crippen molar-refractivity contribution in [2.24, 2.45) is 0 Å². The molecule has 0 saturated heterocycles. The second-order valence-electron chi connectivity index (χ2n) is 5.55. The molecular weight excluding hydrogens is 304 g/mol. The predicted octanol–water partition coefficient (Wildman–Crippen LogP) is 2.60. The van der Waals surface area contributed by atoms with Gasteiger partial charge in [0, 0.05) is 12.2 Å². The Balaban J connectivity index is 1.60. The highest BCUT2D eigenvalue weighted by molar-refractivity contribution is 5.89. The van der Waals surface area contributed by atoms with E-state index in [1.54, 1.807) is 4.68 Å². The Hall–Kier alpha value is -3.22. The van der Waals surface area contributed by atoms with E-state index >= 15 is 0 Å². The molecule has 1 heterocycles. The highest BCUT2D eigenvalue weighted by Gasteiger charge is 2.06. The summed E-state index contributed by atoms with van der Waals surface area (Å²) in [6.07, 6.45) is 1.53. The molecule has 0 spiro atoms. The third-order valence-corrected chi connectivity index (χ3v) is 3.62. The smallest absolute Gasteiger partial charge is 0.319 e. The molecule has 122 valence electrons. The van der Waals surface area contributed by atoms with E-state index in [1.807, 2.05) is 56.3 Å². The lowest BCUT2D eigenvalue weighted by Crippen LogP contribution is -2.28. The first-order valence-electron chi connectivity index (χ1n) is 7.56. The number of rotatable bonds is 4. The van der Waals surface area contributed by atoms with Crippen LogP contribution >= 0.6 is 0 Å². The Bertz CT molecular complexity index is 827. The maximum atomic E-state index is 12.0. The number of nitrogens with one attached hydrogen (secondary N) is 2. The number of anilines is 1. The number of hydrogen-bond donors (Lipinski definition) is 2. The Morgan fingerprint density at radius 3 is 2.58 bits per heavy atom. The molecule has 3 aromatic rings. The van der Waals surface area contributed by atoms with Crippen LogP contribution in [-0.2, 0) is 6.54 Å². The van der Waals surface area contributed by atoms with Gasteiger partial charge in [0.2, 0.25) is 0 Å². The molecule has 2 aromatic carbocycles. The molecule has 0 aliphatic rings. The zero-order valence-electron chi connectivity index (χ0n) is 13.5. The van der Waals surface area contributed by atoms with Crippen LogP contribution in [0.25, 0.3) is 5.69 Å². The van der Waals surface area contributed by atoms with E-state index in [9.17, 15) is 4.79 Å². The van der Waals surface area contributed by atoms with E-state index in [4.69, 9.17) is 0 Å². The van der Waals surface area contributed by atoms with Gasteiger partial charge < -0.3 is 10.6 Å². The van der Waals surface area contributed by atoms with E-state index < -0.39 is 0 Å². The molecule has 7 heteroatoms. The Labute approximate surface area is 139 Å². The zero-order valence-corrected chi connectivity index (χ0v) is 13.5. The molecule has 2 amide bonds. The molecule has 0 aliphatic heterocycles. The summed E-state index contributed by atoms with van der Waals surface area (Å²) >= 11 is 0. The second kappa shape index (κ2) is 6.91. The maximum absolute atomic E-state index is 12.0. The van der Waals surface area contributed by atoms with E-state index in [2.05, 4.69) is 26.2 Å². The summed E-state index contributed by atoms with van der Waals surface area (Å²) in [7, 11) is 0. The molecule has 24 heavy (non-hydrogen) atoms. The van der Waals surface area contributed by atoms with E-state index in [1.165, 1.54) is 11.9 Å². The molecule has 0 fully saturated rings. The van der Waals surface area contributed by atoms with Gasteiger partial charge in [0.05, 0.1) is 5.69 Å². The average molecular weight is 322 g/mol. The minimum atomic E-state index is -0.245. The van der Waals surface area contributed by atoms with Crippen molar-refractivity contribution in [3.05, 3.63) is 65.5 Å². The summed E-state index contributed by atoms with van der Waals surface area (Å²) < 4.78 is 1.58. The third kappa shape index (κ3) is 3.75. The minimum Gasteiger partial charge on any atom is -0.334 e. The topological polar surface area (TPSA) is 84.7 Å². The second-order valence-corrected chi connectivity index (χ2v) is 5.55. The first-order chi connectivity index (χ1) is 11.6. The lowest BCUT2D eigenvalue weighted by Gasteiger charge is -2.10. The van der Waals surface area contributed by atoms with Crippen molar-refractivity contribution < 1.29 is 4.79 Å². The number of tetrazole rings is 1. The zero-order chi connectivity index (χ0) is 16.9. The van der Waals surface area contributed by atoms with Gasteiger partial charge in [0.25, 0.3) is 0 Å². The normalized spacial score (nSPS) is 10.4. The summed E-state index contributed by atoms with van der Waals surface area (Å²) in [6, 6.07) is 13.4. The fourth-order valence-corrected chi connectivity index (χ4v) is 2.33. The number of aryl methyl sites for hydroxylation is 2. The SMILES string of the molecule is Cc1ccc(CNC(=O)Nc2ccc(-n3cnnn3)c(C)c2)cc1. The van der Waals surface area contributed by atoms with Gasteiger partial charge in [-0.1, -0.05) is 29.8 Å². The van der Waals surface area contributed by atoms with Crippen LogP contribution in [0.3, 0.4) is 0 Å².